The Labute approximate surface area is 170 Å². The summed E-state index contributed by atoms with van der Waals surface area (Å²) in [6.07, 6.45) is 0.116. The van der Waals surface area contributed by atoms with Gasteiger partial charge in [-0.25, -0.2) is 4.39 Å². The Morgan fingerprint density at radius 1 is 1.21 bits per heavy atom. The molecule has 1 saturated heterocycles. The summed E-state index contributed by atoms with van der Waals surface area (Å²) in [7, 11) is 0. The van der Waals surface area contributed by atoms with E-state index in [-0.39, 0.29) is 41.6 Å². The number of hydrogen-bond donors (Lipinski definition) is 2. The number of aryl methyl sites for hydroxylation is 1. The lowest BCUT2D eigenvalue weighted by Crippen LogP contribution is -2.27. The molecule has 2 heterocycles. The maximum atomic E-state index is 13.6. The highest BCUT2D eigenvalue weighted by atomic mass is 32.2. The van der Waals surface area contributed by atoms with Gasteiger partial charge in [-0.05, 0) is 48.4 Å². The number of carbonyl (C=O) groups is 3. The Hall–Kier alpha value is -3.13. The molecule has 3 aromatic rings. The highest BCUT2D eigenvalue weighted by Gasteiger charge is 2.29. The maximum Gasteiger partial charge on any atom is 0.289 e. The van der Waals surface area contributed by atoms with Gasteiger partial charge in [-0.2, -0.15) is 0 Å². The molecule has 0 spiro atoms. The summed E-state index contributed by atoms with van der Waals surface area (Å²) in [4.78, 5) is 40.3. The first-order valence-corrected chi connectivity index (χ1v) is 10.0. The Morgan fingerprint density at radius 3 is 2.66 bits per heavy atom. The van der Waals surface area contributed by atoms with Crippen LogP contribution in [0.3, 0.4) is 0 Å². The molecule has 0 bridgehead atoms. The molecule has 2 aromatic carbocycles. The lowest BCUT2D eigenvalue weighted by Gasteiger charge is -2.13. The quantitative estimate of drug-likeness (QED) is 0.665. The third-order valence-electron chi connectivity index (χ3n) is 4.84. The molecule has 4 rings (SSSR count). The lowest BCUT2D eigenvalue weighted by molar-refractivity contribution is -0.125. The van der Waals surface area contributed by atoms with Crippen LogP contribution in [0.2, 0.25) is 0 Å². The van der Waals surface area contributed by atoms with E-state index in [9.17, 15) is 18.8 Å². The smallest absolute Gasteiger partial charge is 0.289 e. The monoisotopic (exact) mass is 411 g/mol. The van der Waals surface area contributed by atoms with Crippen LogP contribution in [0.1, 0.15) is 16.8 Å². The second-order valence-corrected chi connectivity index (χ2v) is 7.80. The van der Waals surface area contributed by atoms with Crippen LogP contribution in [-0.4, -0.2) is 32.7 Å². The number of aromatic nitrogens is 1. The van der Waals surface area contributed by atoms with Gasteiger partial charge in [0.15, 0.2) is 0 Å². The van der Waals surface area contributed by atoms with E-state index >= 15 is 0 Å². The van der Waals surface area contributed by atoms with Crippen LogP contribution in [0.4, 0.5) is 14.9 Å². The number of hydrogen-bond acceptors (Lipinski definition) is 4. The second kappa shape index (κ2) is 7.71. The van der Waals surface area contributed by atoms with Crippen molar-refractivity contribution < 1.29 is 18.8 Å². The molecule has 3 amide bonds. The number of rotatable bonds is 5. The highest BCUT2D eigenvalue weighted by Crippen LogP contribution is 2.24. The van der Waals surface area contributed by atoms with Crippen molar-refractivity contribution in [2.24, 2.45) is 0 Å². The number of H-pyrrole nitrogens is 1. The molecule has 6 nitrogen and oxygen atoms in total. The number of anilines is 1. The van der Waals surface area contributed by atoms with Crippen LogP contribution in [-0.2, 0) is 22.6 Å². The van der Waals surface area contributed by atoms with Gasteiger partial charge in [0.1, 0.15) is 5.82 Å². The molecule has 0 atom stereocenters. The zero-order valence-corrected chi connectivity index (χ0v) is 16.4. The van der Waals surface area contributed by atoms with Gasteiger partial charge < -0.3 is 10.3 Å². The van der Waals surface area contributed by atoms with Crippen molar-refractivity contribution >= 4 is 45.4 Å². The standard InChI is InChI=1S/C21H18FN3O3S/c1-12-16(17-8-14(22)4-7-18(17)23-12)9-19(26)24-15-5-2-13(3-6-15)10-25-20(27)11-29-21(25)28/h2-8,23H,9-11H2,1H3,(H,24,26). The number of nitrogens with zero attached hydrogens (tertiary/aromatic N) is 1. The van der Waals surface area contributed by atoms with Crippen molar-refractivity contribution in [1.29, 1.82) is 0 Å². The number of thioether (sulfide) groups is 1. The molecule has 1 aromatic heterocycles. The zero-order chi connectivity index (χ0) is 20.5. The first-order chi connectivity index (χ1) is 13.9. The summed E-state index contributed by atoms with van der Waals surface area (Å²) in [6.45, 7) is 2.08. The van der Waals surface area contributed by atoms with Gasteiger partial charge in [0, 0.05) is 22.3 Å². The Balaban J connectivity index is 1.43. The highest BCUT2D eigenvalue weighted by molar-refractivity contribution is 8.14. The Kier molecular flexibility index (Phi) is 5.10. The summed E-state index contributed by atoms with van der Waals surface area (Å²) in [5.74, 6) is -0.568. The van der Waals surface area contributed by atoms with E-state index < -0.39 is 0 Å². The van der Waals surface area contributed by atoms with Gasteiger partial charge >= 0.3 is 0 Å². The summed E-state index contributed by atoms with van der Waals surface area (Å²) in [5.41, 5.74) is 3.79. The van der Waals surface area contributed by atoms with Crippen molar-refractivity contribution in [3.05, 3.63) is 65.1 Å². The molecule has 148 valence electrons. The number of nitrogens with one attached hydrogen (secondary N) is 2. The molecule has 29 heavy (non-hydrogen) atoms. The number of halogens is 1. The van der Waals surface area contributed by atoms with Gasteiger partial charge in [-0.15, -0.1) is 0 Å². The summed E-state index contributed by atoms with van der Waals surface area (Å²) >= 11 is 1.00. The van der Waals surface area contributed by atoms with E-state index in [0.717, 1.165) is 34.1 Å². The Morgan fingerprint density at radius 2 is 1.97 bits per heavy atom. The minimum Gasteiger partial charge on any atom is -0.358 e. The number of fused-ring (bicyclic) bond motifs is 1. The first kappa shape index (κ1) is 19.2. The number of imide groups is 1. The summed E-state index contributed by atoms with van der Waals surface area (Å²) < 4.78 is 13.6. The third kappa shape index (κ3) is 4.02. The number of aromatic amines is 1. The fourth-order valence-electron chi connectivity index (χ4n) is 3.36. The van der Waals surface area contributed by atoms with Crippen LogP contribution in [0.25, 0.3) is 10.9 Å². The normalized spacial score (nSPS) is 14.1. The number of benzene rings is 2. The van der Waals surface area contributed by atoms with E-state index in [1.807, 2.05) is 6.92 Å². The fraction of sp³-hybridized carbons (Fsp3) is 0.190. The molecule has 1 aliphatic heterocycles. The van der Waals surface area contributed by atoms with Crippen molar-refractivity contribution in [3.63, 3.8) is 0 Å². The molecule has 1 fully saturated rings. The molecular formula is C21H18FN3O3S. The van der Waals surface area contributed by atoms with Crippen molar-refractivity contribution in [3.8, 4) is 0 Å². The topological polar surface area (TPSA) is 82.3 Å². The minimum atomic E-state index is -0.345. The van der Waals surface area contributed by atoms with Gasteiger partial charge in [0.25, 0.3) is 5.24 Å². The van der Waals surface area contributed by atoms with Gasteiger partial charge in [0.2, 0.25) is 11.8 Å². The third-order valence-corrected chi connectivity index (χ3v) is 5.70. The molecule has 0 unspecified atom stereocenters. The van der Waals surface area contributed by atoms with Crippen molar-refractivity contribution in [2.45, 2.75) is 19.9 Å². The lowest BCUT2D eigenvalue weighted by atomic mass is 10.1. The zero-order valence-electron chi connectivity index (χ0n) is 15.6. The molecule has 0 radical (unpaired) electrons. The van der Waals surface area contributed by atoms with E-state index in [2.05, 4.69) is 10.3 Å². The predicted octanol–water partition coefficient (Wildman–Crippen LogP) is 3.99. The van der Waals surface area contributed by atoms with Crippen LogP contribution in [0.15, 0.2) is 42.5 Å². The average molecular weight is 411 g/mol. The SMILES string of the molecule is Cc1[nH]c2ccc(F)cc2c1CC(=O)Nc1ccc(CN2C(=O)CSC2=O)cc1. The van der Waals surface area contributed by atoms with E-state index in [0.29, 0.717) is 11.1 Å². The maximum absolute atomic E-state index is 13.6. The second-order valence-electron chi connectivity index (χ2n) is 6.87. The summed E-state index contributed by atoms with van der Waals surface area (Å²) in [6, 6.07) is 11.5. The largest absolute Gasteiger partial charge is 0.358 e. The molecule has 0 aliphatic carbocycles. The van der Waals surface area contributed by atoms with Gasteiger partial charge in [-0.3, -0.25) is 19.3 Å². The molecule has 8 heteroatoms. The van der Waals surface area contributed by atoms with E-state index in [4.69, 9.17) is 0 Å². The molecule has 2 N–H and O–H groups in total. The van der Waals surface area contributed by atoms with E-state index in [1.165, 1.54) is 17.0 Å². The average Bonchev–Trinajstić information content (AvgIpc) is 3.16. The van der Waals surface area contributed by atoms with Crippen molar-refractivity contribution in [2.75, 3.05) is 11.1 Å². The van der Waals surface area contributed by atoms with Crippen molar-refractivity contribution in [1.82, 2.24) is 9.88 Å². The number of carbonyl (C=O) groups excluding carboxylic acids is 3. The minimum absolute atomic E-state index is 0.116. The fourth-order valence-corrected chi connectivity index (χ4v) is 4.08. The van der Waals surface area contributed by atoms with Gasteiger partial charge in [-0.1, -0.05) is 23.9 Å². The van der Waals surface area contributed by atoms with Crippen LogP contribution in [0, 0.1) is 12.7 Å². The van der Waals surface area contributed by atoms with Crippen LogP contribution in [0.5, 0.6) is 0 Å². The molecule has 1 aliphatic rings. The first-order valence-electron chi connectivity index (χ1n) is 9.03. The predicted molar refractivity (Wildman–Crippen MR) is 110 cm³/mol. The van der Waals surface area contributed by atoms with Crippen LogP contribution >= 0.6 is 11.8 Å². The molecule has 0 saturated carbocycles. The summed E-state index contributed by atoms with van der Waals surface area (Å²) in [5, 5.41) is 3.29. The molecular weight excluding hydrogens is 393 g/mol. The Bertz CT molecular complexity index is 1110. The van der Waals surface area contributed by atoms with E-state index in [1.54, 1.807) is 30.3 Å². The van der Waals surface area contributed by atoms with Crippen LogP contribution < -0.4 is 5.32 Å². The van der Waals surface area contributed by atoms with Gasteiger partial charge in [0.05, 0.1) is 18.7 Å². The number of amides is 3.